The van der Waals surface area contributed by atoms with Crippen LogP contribution in [-0.2, 0) is 0 Å². The highest BCUT2D eigenvalue weighted by Crippen LogP contribution is 2.31. The summed E-state index contributed by atoms with van der Waals surface area (Å²) in [5.41, 5.74) is 6.51. The molecule has 1 aromatic rings. The van der Waals surface area contributed by atoms with E-state index in [1.54, 1.807) is 18.9 Å². The lowest BCUT2D eigenvalue weighted by Crippen LogP contribution is -2.02. The molecule has 0 saturated heterocycles. The molecule has 4 heteroatoms. The van der Waals surface area contributed by atoms with Gasteiger partial charge in [-0.3, -0.25) is 0 Å². The van der Waals surface area contributed by atoms with Crippen molar-refractivity contribution in [2.75, 3.05) is 19.5 Å². The van der Waals surface area contributed by atoms with Crippen LogP contribution < -0.4 is 10.5 Å². The number of thioether (sulfide) groups is 1. The van der Waals surface area contributed by atoms with Crippen molar-refractivity contribution in [1.82, 2.24) is 0 Å². The smallest absolute Gasteiger partial charge is 0.120 e. The van der Waals surface area contributed by atoms with E-state index in [0.29, 0.717) is 0 Å². The molecule has 1 aromatic carbocycles. The van der Waals surface area contributed by atoms with Crippen molar-refractivity contribution in [3.8, 4) is 5.75 Å². The van der Waals surface area contributed by atoms with Crippen molar-refractivity contribution in [2.45, 2.75) is 17.1 Å². The fraction of sp³-hybridized carbons (Fsp3) is 0.400. The maximum atomic E-state index is 8.92. The third kappa shape index (κ3) is 2.82. The summed E-state index contributed by atoms with van der Waals surface area (Å²) in [7, 11) is 1.62. The molecule has 1 unspecified atom stereocenters. The van der Waals surface area contributed by atoms with Crippen LogP contribution in [0.3, 0.4) is 0 Å². The molecule has 0 amide bonds. The van der Waals surface area contributed by atoms with E-state index in [2.05, 4.69) is 0 Å². The van der Waals surface area contributed by atoms with Crippen molar-refractivity contribution in [3.63, 3.8) is 0 Å². The summed E-state index contributed by atoms with van der Waals surface area (Å²) >= 11 is 1.54. The van der Waals surface area contributed by atoms with Gasteiger partial charge in [-0.15, -0.1) is 11.8 Å². The van der Waals surface area contributed by atoms with Crippen LogP contribution in [0.4, 0.5) is 5.69 Å². The molecule has 0 heterocycles. The summed E-state index contributed by atoms with van der Waals surface area (Å²) in [6.07, 6.45) is 0. The Balaban J connectivity index is 2.83. The van der Waals surface area contributed by atoms with Crippen LogP contribution in [0.25, 0.3) is 0 Å². The Morgan fingerprint density at radius 2 is 2.29 bits per heavy atom. The van der Waals surface area contributed by atoms with Gasteiger partial charge < -0.3 is 15.6 Å². The molecule has 0 bridgehead atoms. The standard InChI is InChI=1S/C10H15NO2S/c1-7(6-12)14-10-5-8(13-2)3-4-9(10)11/h3-5,7,12H,6,11H2,1-2H3. The highest BCUT2D eigenvalue weighted by molar-refractivity contribution is 8.00. The third-order valence-electron chi connectivity index (χ3n) is 1.81. The zero-order valence-corrected chi connectivity index (χ0v) is 9.17. The van der Waals surface area contributed by atoms with Crippen molar-refractivity contribution in [1.29, 1.82) is 0 Å². The summed E-state index contributed by atoms with van der Waals surface area (Å²) in [4.78, 5) is 0.950. The minimum Gasteiger partial charge on any atom is -0.497 e. The maximum Gasteiger partial charge on any atom is 0.120 e. The molecule has 0 saturated carbocycles. The van der Waals surface area contributed by atoms with Crippen LogP contribution in [0.15, 0.2) is 23.1 Å². The number of anilines is 1. The molecular formula is C10H15NO2S. The van der Waals surface area contributed by atoms with Crippen molar-refractivity contribution in [2.24, 2.45) is 0 Å². The molecule has 0 radical (unpaired) electrons. The van der Waals surface area contributed by atoms with Crippen LogP contribution >= 0.6 is 11.8 Å². The molecule has 0 fully saturated rings. The number of nitrogen functional groups attached to an aromatic ring is 1. The molecule has 1 atom stereocenters. The highest BCUT2D eigenvalue weighted by Gasteiger charge is 2.07. The Hall–Kier alpha value is -0.870. The third-order valence-corrected chi connectivity index (χ3v) is 2.96. The first-order chi connectivity index (χ1) is 6.67. The molecule has 78 valence electrons. The quantitative estimate of drug-likeness (QED) is 0.591. The van der Waals surface area contributed by atoms with Crippen LogP contribution in [0.2, 0.25) is 0 Å². The molecule has 0 aliphatic heterocycles. The zero-order chi connectivity index (χ0) is 10.6. The molecule has 0 aliphatic rings. The number of hydrogen-bond acceptors (Lipinski definition) is 4. The highest BCUT2D eigenvalue weighted by atomic mass is 32.2. The van der Waals surface area contributed by atoms with Gasteiger partial charge in [0, 0.05) is 15.8 Å². The lowest BCUT2D eigenvalue weighted by molar-refractivity contribution is 0.300. The van der Waals surface area contributed by atoms with E-state index in [1.165, 1.54) is 0 Å². The Kier molecular flexibility index (Phi) is 4.10. The first-order valence-electron chi connectivity index (χ1n) is 4.38. The Morgan fingerprint density at radius 1 is 1.57 bits per heavy atom. The first kappa shape index (κ1) is 11.2. The van der Waals surface area contributed by atoms with E-state index < -0.39 is 0 Å². The van der Waals surface area contributed by atoms with Gasteiger partial charge in [0.1, 0.15) is 5.75 Å². The van der Waals surface area contributed by atoms with E-state index in [0.717, 1.165) is 16.3 Å². The van der Waals surface area contributed by atoms with Crippen LogP contribution in [0, 0.1) is 0 Å². The first-order valence-corrected chi connectivity index (χ1v) is 5.26. The van der Waals surface area contributed by atoms with Gasteiger partial charge >= 0.3 is 0 Å². The number of hydrogen-bond donors (Lipinski definition) is 2. The number of nitrogens with two attached hydrogens (primary N) is 1. The number of benzene rings is 1. The second-order valence-corrected chi connectivity index (χ2v) is 4.50. The molecule has 3 nitrogen and oxygen atoms in total. The molecule has 1 rings (SSSR count). The zero-order valence-electron chi connectivity index (χ0n) is 8.36. The van der Waals surface area contributed by atoms with Crippen LogP contribution in [0.1, 0.15) is 6.92 Å². The number of ether oxygens (including phenoxy) is 1. The van der Waals surface area contributed by atoms with E-state index in [4.69, 9.17) is 15.6 Å². The van der Waals surface area contributed by atoms with Gasteiger partial charge in [0.15, 0.2) is 0 Å². The predicted molar refractivity (Wildman–Crippen MR) is 59.8 cm³/mol. The van der Waals surface area contributed by atoms with Crippen molar-refractivity contribution in [3.05, 3.63) is 18.2 Å². The SMILES string of the molecule is COc1ccc(N)c(SC(C)CO)c1. The van der Waals surface area contributed by atoms with Gasteiger partial charge in [0.05, 0.1) is 13.7 Å². The fourth-order valence-corrected chi connectivity index (χ4v) is 1.89. The van der Waals surface area contributed by atoms with Gasteiger partial charge in [-0.2, -0.15) is 0 Å². The lowest BCUT2D eigenvalue weighted by Gasteiger charge is -2.11. The number of rotatable bonds is 4. The minimum atomic E-state index is 0.140. The maximum absolute atomic E-state index is 8.92. The average Bonchev–Trinajstić information content (AvgIpc) is 2.21. The largest absolute Gasteiger partial charge is 0.497 e. The molecular weight excluding hydrogens is 198 g/mol. The summed E-state index contributed by atoms with van der Waals surface area (Å²) in [6, 6.07) is 5.51. The normalized spacial score (nSPS) is 12.5. The van der Waals surface area contributed by atoms with E-state index >= 15 is 0 Å². The lowest BCUT2D eigenvalue weighted by atomic mass is 10.3. The average molecular weight is 213 g/mol. The predicted octanol–water partition coefficient (Wildman–Crippen LogP) is 1.75. The van der Waals surface area contributed by atoms with Crippen molar-refractivity contribution >= 4 is 17.4 Å². The molecule has 0 spiro atoms. The van der Waals surface area contributed by atoms with Gasteiger partial charge in [-0.05, 0) is 18.2 Å². The molecule has 0 aromatic heterocycles. The Bertz CT molecular complexity index is 304. The Morgan fingerprint density at radius 3 is 2.86 bits per heavy atom. The molecule has 14 heavy (non-hydrogen) atoms. The number of methoxy groups -OCH3 is 1. The summed E-state index contributed by atoms with van der Waals surface area (Å²) in [6.45, 7) is 2.09. The second kappa shape index (κ2) is 5.12. The van der Waals surface area contributed by atoms with Gasteiger partial charge in [-0.25, -0.2) is 0 Å². The minimum absolute atomic E-state index is 0.140. The van der Waals surface area contributed by atoms with E-state index in [9.17, 15) is 0 Å². The summed E-state index contributed by atoms with van der Waals surface area (Å²) < 4.78 is 5.09. The van der Waals surface area contributed by atoms with E-state index in [1.807, 2.05) is 25.1 Å². The van der Waals surface area contributed by atoms with Gasteiger partial charge in [0.25, 0.3) is 0 Å². The van der Waals surface area contributed by atoms with Gasteiger partial charge in [0.2, 0.25) is 0 Å². The van der Waals surface area contributed by atoms with Crippen LogP contribution in [0.5, 0.6) is 5.75 Å². The summed E-state index contributed by atoms with van der Waals surface area (Å²) in [5, 5.41) is 9.06. The topological polar surface area (TPSA) is 55.5 Å². The second-order valence-electron chi connectivity index (χ2n) is 3.01. The van der Waals surface area contributed by atoms with E-state index in [-0.39, 0.29) is 11.9 Å². The molecule has 3 N–H and O–H groups in total. The van der Waals surface area contributed by atoms with Gasteiger partial charge in [-0.1, -0.05) is 6.92 Å². The monoisotopic (exact) mass is 213 g/mol. The number of aliphatic hydroxyl groups is 1. The van der Waals surface area contributed by atoms with Crippen molar-refractivity contribution < 1.29 is 9.84 Å². The summed E-state index contributed by atoms with van der Waals surface area (Å²) in [5.74, 6) is 0.784. The number of aliphatic hydroxyl groups excluding tert-OH is 1. The van der Waals surface area contributed by atoms with Crippen LogP contribution in [-0.4, -0.2) is 24.1 Å². The fourth-order valence-electron chi connectivity index (χ4n) is 0.998. The Labute approximate surface area is 88.3 Å². The molecule has 0 aliphatic carbocycles.